The molecule has 31 heteroatoms. The summed E-state index contributed by atoms with van der Waals surface area (Å²) in [5.41, 5.74) is 0. The molecule has 31 nitrogen and oxygen atoms in total. The molecule has 30 atom stereocenters. The van der Waals surface area contributed by atoms with Crippen LogP contribution in [0.25, 0.3) is 0 Å². The fourth-order valence-corrected chi connectivity index (χ4v) is 9.17. The molecule has 71 heavy (non-hydrogen) atoms. The molecule has 18 N–H and O–H groups in total. The summed E-state index contributed by atoms with van der Waals surface area (Å²) in [6, 6.07) is -3.44. The molecule has 0 aromatic rings. The van der Waals surface area contributed by atoms with Crippen molar-refractivity contribution in [2.24, 2.45) is 0 Å². The van der Waals surface area contributed by atoms with Gasteiger partial charge in [0.05, 0.1) is 38.6 Å². The second kappa shape index (κ2) is 24.7. The highest BCUT2D eigenvalue weighted by Crippen LogP contribution is 2.39. The van der Waals surface area contributed by atoms with Crippen LogP contribution in [0.1, 0.15) is 27.7 Å². The lowest BCUT2D eigenvalue weighted by molar-refractivity contribution is -0.409. The highest BCUT2D eigenvalue weighted by molar-refractivity contribution is 5.73. The maximum Gasteiger partial charge on any atom is 0.217 e. The van der Waals surface area contributed by atoms with Crippen LogP contribution < -0.4 is 10.6 Å². The van der Waals surface area contributed by atoms with Gasteiger partial charge in [-0.25, -0.2) is 0 Å². The SMILES string of the molecule is CC(=O)N[C@@H]1[C@@H](O[C@@H]2O[C@H](CO)[C@@H](O[C@@H]3O[C@H](CO)[C@H](O)[C@H](O[C@H]4O[C@H](CO)[C@H](O)[C@H](O)[C@H]4O)[C@H]3O[C@@H]3O[C@@H](C)[C@@H](O)[C@@H](O)[C@@H]3O)[C@H](O[C@@H]3O[C@@H](C)[C@@H](O)[C@@H](O)[C@@H]3O)[C@H]2NC(C)=O)[C@@H](O)[C@@H](CO)O[C@H]1O. The third kappa shape index (κ3) is 12.4. The fraction of sp³-hybridized carbons (Fsp3) is 0.950. The van der Waals surface area contributed by atoms with Gasteiger partial charge >= 0.3 is 0 Å². The number of hydrogen-bond acceptors (Lipinski definition) is 29. The smallest absolute Gasteiger partial charge is 0.217 e. The molecule has 412 valence electrons. The molecule has 2 amide bonds. The van der Waals surface area contributed by atoms with Crippen molar-refractivity contribution in [3.05, 3.63) is 0 Å². The van der Waals surface area contributed by atoms with Gasteiger partial charge in [0.15, 0.2) is 37.7 Å². The minimum absolute atomic E-state index is 0.763. The van der Waals surface area contributed by atoms with Crippen LogP contribution in [0.3, 0.4) is 0 Å². The maximum absolute atomic E-state index is 13.1. The summed E-state index contributed by atoms with van der Waals surface area (Å²) in [4.78, 5) is 25.4. The lowest BCUT2D eigenvalue weighted by Crippen LogP contribution is -2.72. The Morgan fingerprint density at radius 3 is 1.24 bits per heavy atom. The minimum Gasteiger partial charge on any atom is -0.394 e. The van der Waals surface area contributed by atoms with Crippen molar-refractivity contribution >= 4 is 11.8 Å². The van der Waals surface area contributed by atoms with E-state index in [9.17, 15) is 91.3 Å². The molecular formula is C40H68N2O29. The van der Waals surface area contributed by atoms with Gasteiger partial charge in [-0.3, -0.25) is 9.59 Å². The van der Waals surface area contributed by atoms with E-state index in [4.69, 9.17) is 52.1 Å². The third-order valence-corrected chi connectivity index (χ3v) is 13.2. The van der Waals surface area contributed by atoms with Gasteiger partial charge in [-0.05, 0) is 13.8 Å². The molecule has 0 bridgehead atoms. The van der Waals surface area contributed by atoms with Crippen LogP contribution >= 0.6 is 0 Å². The second-order valence-corrected chi connectivity index (χ2v) is 18.2. The van der Waals surface area contributed by atoms with Gasteiger partial charge in [0.2, 0.25) is 11.8 Å². The summed E-state index contributed by atoms with van der Waals surface area (Å²) in [6.07, 6.45) is -52.7. The maximum atomic E-state index is 13.1. The molecule has 0 spiro atoms. The molecule has 6 rings (SSSR count). The number of amides is 2. The fourth-order valence-electron chi connectivity index (χ4n) is 9.17. The Kier molecular flexibility index (Phi) is 20.2. The molecule has 6 aliphatic rings. The lowest BCUT2D eigenvalue weighted by Gasteiger charge is -2.52. The van der Waals surface area contributed by atoms with Crippen LogP contribution in [0.4, 0.5) is 0 Å². The van der Waals surface area contributed by atoms with Gasteiger partial charge in [-0.15, -0.1) is 0 Å². The zero-order valence-corrected chi connectivity index (χ0v) is 38.6. The summed E-state index contributed by atoms with van der Waals surface area (Å²) in [7, 11) is 0. The molecule has 6 fully saturated rings. The monoisotopic (exact) mass is 1040 g/mol. The molecular weight excluding hydrogens is 972 g/mol. The molecule has 6 heterocycles. The average Bonchev–Trinajstić information content (AvgIpc) is 3.33. The van der Waals surface area contributed by atoms with Crippen molar-refractivity contribution in [2.75, 3.05) is 26.4 Å². The van der Waals surface area contributed by atoms with Crippen LogP contribution in [-0.2, 0) is 61.7 Å². The van der Waals surface area contributed by atoms with Crippen molar-refractivity contribution in [3.8, 4) is 0 Å². The molecule has 6 saturated heterocycles. The molecule has 0 saturated carbocycles. The van der Waals surface area contributed by atoms with Crippen molar-refractivity contribution in [3.63, 3.8) is 0 Å². The molecule has 0 unspecified atom stereocenters. The lowest BCUT2D eigenvalue weighted by atomic mass is 9.93. The van der Waals surface area contributed by atoms with Gasteiger partial charge in [-0.2, -0.15) is 0 Å². The van der Waals surface area contributed by atoms with Gasteiger partial charge in [0.1, 0.15) is 134 Å². The molecule has 0 radical (unpaired) electrons. The van der Waals surface area contributed by atoms with E-state index < -0.39 is 222 Å². The largest absolute Gasteiger partial charge is 0.394 e. The Morgan fingerprint density at radius 2 is 0.732 bits per heavy atom. The van der Waals surface area contributed by atoms with Crippen molar-refractivity contribution in [1.82, 2.24) is 10.6 Å². The normalized spacial score (nSPS) is 50.8. The number of aliphatic hydroxyl groups excluding tert-OH is 16. The first-order valence-corrected chi connectivity index (χ1v) is 22.8. The Bertz CT molecular complexity index is 1710. The number of aliphatic hydroxyl groups is 16. The second-order valence-electron chi connectivity index (χ2n) is 18.2. The summed E-state index contributed by atoms with van der Waals surface area (Å²) >= 11 is 0. The van der Waals surface area contributed by atoms with Gasteiger partial charge in [-0.1, -0.05) is 0 Å². The Labute approximate surface area is 403 Å². The number of nitrogens with one attached hydrogen (secondary N) is 2. The van der Waals surface area contributed by atoms with E-state index in [1.165, 1.54) is 13.8 Å². The highest BCUT2D eigenvalue weighted by atomic mass is 16.8. The van der Waals surface area contributed by atoms with Crippen molar-refractivity contribution < 1.29 is 143 Å². The standard InChI is InChI=1S/C40H68N2O29/c1-9-19(49)24(54)27(57)37(61-9)69-32-18(42-12(4)48)36(68-31-17(41-11(3)47)35(60)63-14(6-44)22(31)52)66-16(8-46)30(32)67-40-34(71-38-28(58)25(55)20(50)10(2)62-38)33(23(53)15(7-45)65-40)70-39-29(59)26(56)21(51)13(5-43)64-39/h9-10,13-40,43-46,49-60H,5-8H2,1-4H3,(H,41,47)(H,42,48)/t9-,10-,13+,14+,15+,16+,17+,18+,19+,20+,21-,22-,23-,24+,25+,26-,27-,28-,29+,30+,31+,32+,33-,34+,35+,36-,37-,38-,39+,40-/m0/s1. The predicted octanol–water partition coefficient (Wildman–Crippen LogP) is -11.8. The Hall–Kier alpha value is -2.14. The number of hydrogen-bond donors (Lipinski definition) is 18. The first-order chi connectivity index (χ1) is 33.5. The average molecular weight is 1040 g/mol. The van der Waals surface area contributed by atoms with E-state index >= 15 is 0 Å². The molecule has 0 aromatic carbocycles. The summed E-state index contributed by atoms with van der Waals surface area (Å²) in [5, 5.41) is 177. The van der Waals surface area contributed by atoms with Crippen LogP contribution in [0.5, 0.6) is 0 Å². The number of carbonyl (C=O) groups excluding carboxylic acids is 2. The first-order valence-electron chi connectivity index (χ1n) is 22.8. The Morgan fingerprint density at radius 1 is 0.366 bits per heavy atom. The minimum atomic E-state index is -2.17. The zero-order valence-electron chi connectivity index (χ0n) is 38.6. The van der Waals surface area contributed by atoms with Crippen LogP contribution in [0.15, 0.2) is 0 Å². The summed E-state index contributed by atoms with van der Waals surface area (Å²) in [6.45, 7) is 0.639. The highest BCUT2D eigenvalue weighted by Gasteiger charge is 2.59. The number of ether oxygens (including phenoxy) is 11. The van der Waals surface area contributed by atoms with Gasteiger partial charge in [0.25, 0.3) is 0 Å². The van der Waals surface area contributed by atoms with E-state index in [1.54, 1.807) is 0 Å². The van der Waals surface area contributed by atoms with Crippen molar-refractivity contribution in [2.45, 2.75) is 212 Å². The van der Waals surface area contributed by atoms with Crippen LogP contribution in [0, 0.1) is 0 Å². The zero-order chi connectivity index (χ0) is 52.5. The van der Waals surface area contributed by atoms with E-state index in [2.05, 4.69) is 10.6 Å². The van der Waals surface area contributed by atoms with Crippen LogP contribution in [0.2, 0.25) is 0 Å². The molecule has 6 aliphatic heterocycles. The summed E-state index contributed by atoms with van der Waals surface area (Å²) < 4.78 is 65.4. The third-order valence-electron chi connectivity index (χ3n) is 13.2. The van der Waals surface area contributed by atoms with Crippen molar-refractivity contribution in [1.29, 1.82) is 0 Å². The van der Waals surface area contributed by atoms with E-state index in [-0.39, 0.29) is 0 Å². The quantitative estimate of drug-likeness (QED) is 0.0682. The number of rotatable bonds is 16. The summed E-state index contributed by atoms with van der Waals surface area (Å²) in [5.74, 6) is -1.64. The van der Waals surface area contributed by atoms with E-state index in [1.807, 2.05) is 0 Å². The predicted molar refractivity (Wildman–Crippen MR) is 220 cm³/mol. The van der Waals surface area contributed by atoms with Gasteiger partial charge in [0, 0.05) is 13.8 Å². The van der Waals surface area contributed by atoms with Gasteiger partial charge < -0.3 is 144 Å². The van der Waals surface area contributed by atoms with Crippen LogP contribution in [-0.4, -0.2) is 304 Å². The molecule has 0 aromatic heterocycles. The topological polar surface area (TPSA) is 483 Å². The van der Waals surface area contributed by atoms with E-state index in [0.29, 0.717) is 0 Å². The molecule has 0 aliphatic carbocycles. The first kappa shape index (κ1) is 58.1. The Balaban J connectivity index is 1.46. The number of carbonyl (C=O) groups is 2. The van der Waals surface area contributed by atoms with E-state index in [0.717, 1.165) is 13.8 Å².